The maximum atomic E-state index is 8.71. The molecule has 3 aromatic rings. The van der Waals surface area contributed by atoms with Crippen LogP contribution in [0.3, 0.4) is 0 Å². The third kappa shape index (κ3) is 5.14. The number of hydrogen-bond donors (Lipinski definition) is 3. The summed E-state index contributed by atoms with van der Waals surface area (Å²) in [5.41, 5.74) is 4.57. The topological polar surface area (TPSA) is 105 Å². The Hall–Kier alpha value is -3.68. The predicted octanol–water partition coefficient (Wildman–Crippen LogP) is 4.62. The largest absolute Gasteiger partial charge is 0.481 e. The Labute approximate surface area is 189 Å². The Bertz CT molecular complexity index is 1080. The lowest BCUT2D eigenvalue weighted by Crippen LogP contribution is -2.16. The van der Waals surface area contributed by atoms with Crippen LogP contribution < -0.4 is 20.1 Å². The van der Waals surface area contributed by atoms with E-state index in [9.17, 15) is 0 Å². The average Bonchev–Trinajstić information content (AvgIpc) is 2.82. The quantitative estimate of drug-likeness (QED) is 0.400. The lowest BCUT2D eigenvalue weighted by molar-refractivity contribution is 0.328. The van der Waals surface area contributed by atoms with Crippen LogP contribution in [0.1, 0.15) is 31.9 Å². The first-order valence-electron chi connectivity index (χ1n) is 10.6. The van der Waals surface area contributed by atoms with Crippen LogP contribution >= 0.6 is 0 Å². The van der Waals surface area contributed by atoms with Crippen molar-refractivity contribution in [2.75, 3.05) is 31.4 Å². The number of nitrogens with one attached hydrogen (secondary N) is 3. The van der Waals surface area contributed by atoms with Crippen LogP contribution in [0.2, 0.25) is 0 Å². The van der Waals surface area contributed by atoms with E-state index >= 15 is 0 Å². The molecule has 0 unspecified atom stereocenters. The second-order valence-corrected chi connectivity index (χ2v) is 7.45. The van der Waals surface area contributed by atoms with Crippen molar-refractivity contribution in [1.82, 2.24) is 15.0 Å². The minimum Gasteiger partial charge on any atom is -0.481 e. The normalized spacial score (nSPS) is 10.7. The van der Waals surface area contributed by atoms with Crippen LogP contribution in [0, 0.1) is 11.3 Å². The number of nitrogens with zero attached hydrogens (tertiary/aromatic N) is 3. The van der Waals surface area contributed by atoms with Gasteiger partial charge in [0.2, 0.25) is 11.8 Å². The molecule has 0 aliphatic heterocycles. The SMILES string of the molecule is CCOc1ncccc1-c1cc(NCc2ccnc(OC)c2)c(C(=N)C(C)C)c(NC)n1. The molecule has 0 spiro atoms. The van der Waals surface area contributed by atoms with E-state index < -0.39 is 0 Å². The van der Waals surface area contributed by atoms with Crippen molar-refractivity contribution in [1.29, 1.82) is 5.41 Å². The highest BCUT2D eigenvalue weighted by Gasteiger charge is 2.20. The Morgan fingerprint density at radius 3 is 2.66 bits per heavy atom. The van der Waals surface area contributed by atoms with Gasteiger partial charge in [-0.3, -0.25) is 0 Å². The zero-order valence-electron chi connectivity index (χ0n) is 19.2. The molecule has 0 saturated heterocycles. The summed E-state index contributed by atoms with van der Waals surface area (Å²) >= 11 is 0. The zero-order valence-corrected chi connectivity index (χ0v) is 19.2. The van der Waals surface area contributed by atoms with Gasteiger partial charge in [0.15, 0.2) is 0 Å². The molecule has 0 atom stereocenters. The van der Waals surface area contributed by atoms with Gasteiger partial charge in [0.25, 0.3) is 0 Å². The molecule has 0 aliphatic rings. The van der Waals surface area contributed by atoms with E-state index in [0.29, 0.717) is 42.1 Å². The Kier molecular flexibility index (Phi) is 7.59. The molecule has 3 rings (SSSR count). The van der Waals surface area contributed by atoms with E-state index in [4.69, 9.17) is 19.9 Å². The molecule has 0 aliphatic carbocycles. The van der Waals surface area contributed by atoms with Gasteiger partial charge in [-0.2, -0.15) is 0 Å². The molecule has 0 amide bonds. The molecule has 0 bridgehead atoms. The van der Waals surface area contributed by atoms with Crippen molar-refractivity contribution in [3.05, 3.63) is 53.9 Å². The van der Waals surface area contributed by atoms with Crippen LogP contribution in [0.15, 0.2) is 42.7 Å². The number of aromatic nitrogens is 3. The number of methoxy groups -OCH3 is 1. The number of hydrogen-bond acceptors (Lipinski definition) is 8. The zero-order chi connectivity index (χ0) is 23.1. The average molecular weight is 435 g/mol. The van der Waals surface area contributed by atoms with Crippen LogP contribution in [0.25, 0.3) is 11.3 Å². The molecule has 0 radical (unpaired) electrons. The molecule has 168 valence electrons. The van der Waals surface area contributed by atoms with E-state index in [1.54, 1.807) is 19.5 Å². The van der Waals surface area contributed by atoms with Crippen molar-refractivity contribution in [3.8, 4) is 23.0 Å². The predicted molar refractivity (Wildman–Crippen MR) is 128 cm³/mol. The summed E-state index contributed by atoms with van der Waals surface area (Å²) in [6, 6.07) is 9.56. The first kappa shape index (κ1) is 23.0. The van der Waals surface area contributed by atoms with Crippen molar-refractivity contribution < 1.29 is 9.47 Å². The van der Waals surface area contributed by atoms with Crippen molar-refractivity contribution >= 4 is 17.2 Å². The molecule has 8 nitrogen and oxygen atoms in total. The van der Waals surface area contributed by atoms with Gasteiger partial charge < -0.3 is 25.5 Å². The molecule has 3 heterocycles. The summed E-state index contributed by atoms with van der Waals surface area (Å²) in [7, 11) is 3.41. The Balaban J connectivity index is 2.09. The minimum absolute atomic E-state index is 0.0358. The van der Waals surface area contributed by atoms with Gasteiger partial charge in [0.05, 0.1) is 30.5 Å². The van der Waals surface area contributed by atoms with Crippen molar-refractivity contribution in [2.24, 2.45) is 5.92 Å². The lowest BCUT2D eigenvalue weighted by atomic mass is 9.97. The molecule has 8 heteroatoms. The van der Waals surface area contributed by atoms with Gasteiger partial charge in [0.1, 0.15) is 5.82 Å². The summed E-state index contributed by atoms with van der Waals surface area (Å²) in [4.78, 5) is 13.3. The minimum atomic E-state index is 0.0358. The molecule has 32 heavy (non-hydrogen) atoms. The number of pyridine rings is 3. The number of rotatable bonds is 10. The van der Waals surface area contributed by atoms with Crippen LogP contribution in [-0.2, 0) is 6.54 Å². The lowest BCUT2D eigenvalue weighted by Gasteiger charge is -2.20. The van der Waals surface area contributed by atoms with Gasteiger partial charge >= 0.3 is 0 Å². The van der Waals surface area contributed by atoms with Gasteiger partial charge in [-0.25, -0.2) is 15.0 Å². The van der Waals surface area contributed by atoms with Crippen molar-refractivity contribution in [3.63, 3.8) is 0 Å². The second kappa shape index (κ2) is 10.6. The Morgan fingerprint density at radius 2 is 1.97 bits per heavy atom. The summed E-state index contributed by atoms with van der Waals surface area (Å²) in [6.07, 6.45) is 3.42. The fourth-order valence-electron chi connectivity index (χ4n) is 3.27. The highest BCUT2D eigenvalue weighted by Crippen LogP contribution is 2.34. The molecule has 0 fully saturated rings. The maximum absolute atomic E-state index is 8.71. The summed E-state index contributed by atoms with van der Waals surface area (Å²) < 4.78 is 11.0. The Morgan fingerprint density at radius 1 is 1.16 bits per heavy atom. The van der Waals surface area contributed by atoms with Gasteiger partial charge in [-0.15, -0.1) is 0 Å². The monoisotopic (exact) mass is 434 g/mol. The van der Waals surface area contributed by atoms with Gasteiger partial charge in [-0.1, -0.05) is 13.8 Å². The van der Waals surface area contributed by atoms with Crippen LogP contribution in [-0.4, -0.2) is 41.4 Å². The molecule has 3 N–H and O–H groups in total. The smallest absolute Gasteiger partial charge is 0.222 e. The fourth-order valence-corrected chi connectivity index (χ4v) is 3.27. The van der Waals surface area contributed by atoms with Gasteiger partial charge in [-0.05, 0) is 42.7 Å². The van der Waals surface area contributed by atoms with E-state index in [1.165, 1.54) is 0 Å². The van der Waals surface area contributed by atoms with Crippen LogP contribution in [0.4, 0.5) is 11.5 Å². The van der Waals surface area contributed by atoms with E-state index in [2.05, 4.69) is 20.6 Å². The van der Waals surface area contributed by atoms with Crippen molar-refractivity contribution in [2.45, 2.75) is 27.3 Å². The van der Waals surface area contributed by atoms with Gasteiger partial charge in [0, 0.05) is 43.5 Å². The third-order valence-electron chi connectivity index (χ3n) is 4.92. The van der Waals surface area contributed by atoms with E-state index in [0.717, 1.165) is 22.4 Å². The highest BCUT2D eigenvalue weighted by atomic mass is 16.5. The molecular formula is C24H30N6O2. The summed E-state index contributed by atoms with van der Waals surface area (Å²) in [6.45, 7) is 6.97. The molecule has 0 aromatic carbocycles. The summed E-state index contributed by atoms with van der Waals surface area (Å²) in [5.74, 6) is 1.75. The van der Waals surface area contributed by atoms with E-state index in [-0.39, 0.29) is 5.92 Å². The maximum Gasteiger partial charge on any atom is 0.222 e. The molecule has 0 saturated carbocycles. The second-order valence-electron chi connectivity index (χ2n) is 7.45. The first-order valence-corrected chi connectivity index (χ1v) is 10.6. The van der Waals surface area contributed by atoms with Crippen LogP contribution in [0.5, 0.6) is 11.8 Å². The molecular weight excluding hydrogens is 404 g/mol. The van der Waals surface area contributed by atoms with E-state index in [1.807, 2.05) is 58.2 Å². The summed E-state index contributed by atoms with van der Waals surface area (Å²) in [5, 5.41) is 15.4. The first-order chi connectivity index (χ1) is 15.5. The molecule has 3 aromatic heterocycles. The number of anilines is 2. The number of ether oxygens (including phenoxy) is 2. The fraction of sp³-hybridized carbons (Fsp3) is 0.333. The third-order valence-corrected chi connectivity index (χ3v) is 4.92. The standard InChI is InChI=1S/C24H30N6O2/c1-6-32-24-17(8-7-10-28-24)18-13-19(21(22(25)15(2)3)23(26-4)30-18)29-14-16-9-11-27-20(12-16)31-5/h7-13,15,25H,6,14H2,1-5H3,(H2,26,29,30). The highest BCUT2D eigenvalue weighted by molar-refractivity contribution is 6.08.